The van der Waals surface area contributed by atoms with Crippen LogP contribution in [0.5, 0.6) is 0 Å². The summed E-state index contributed by atoms with van der Waals surface area (Å²) in [4.78, 5) is 23.8. The summed E-state index contributed by atoms with van der Waals surface area (Å²) < 4.78 is 0. The molecule has 1 fully saturated rings. The molecule has 1 rings (SSSR count). The third-order valence-electron chi connectivity index (χ3n) is 2.70. The van der Waals surface area contributed by atoms with E-state index in [4.69, 9.17) is 5.11 Å². The van der Waals surface area contributed by atoms with E-state index in [1.165, 1.54) is 4.90 Å². The van der Waals surface area contributed by atoms with Gasteiger partial charge < -0.3 is 20.4 Å². The Morgan fingerprint density at radius 3 is 2.75 bits per heavy atom. The van der Waals surface area contributed by atoms with E-state index in [1.807, 2.05) is 0 Å². The minimum Gasteiger partial charge on any atom is -0.480 e. The number of carbonyl (C=O) groups excluding carboxylic acids is 1. The van der Waals surface area contributed by atoms with Crippen LogP contribution in [0.3, 0.4) is 0 Å². The molecule has 16 heavy (non-hydrogen) atoms. The Labute approximate surface area is 94.2 Å². The fourth-order valence-electron chi connectivity index (χ4n) is 1.88. The van der Waals surface area contributed by atoms with Gasteiger partial charge in [0.15, 0.2) is 0 Å². The van der Waals surface area contributed by atoms with E-state index in [0.717, 1.165) is 6.54 Å². The highest BCUT2D eigenvalue weighted by molar-refractivity contribution is 5.84. The lowest BCUT2D eigenvalue weighted by molar-refractivity contribution is -0.148. The van der Waals surface area contributed by atoms with E-state index in [2.05, 4.69) is 5.32 Å². The maximum Gasteiger partial charge on any atom is 0.326 e. The van der Waals surface area contributed by atoms with Gasteiger partial charge >= 0.3 is 5.97 Å². The second-order valence-electron chi connectivity index (χ2n) is 4.00. The number of carboxylic acid groups (broad SMARTS) is 1. The Bertz CT molecular complexity index is 270. The summed E-state index contributed by atoms with van der Waals surface area (Å²) in [5, 5.41) is 21.2. The van der Waals surface area contributed by atoms with Crippen LogP contribution in [0.4, 0.5) is 0 Å². The van der Waals surface area contributed by atoms with Crippen LogP contribution in [0.2, 0.25) is 0 Å². The number of hydrogen-bond donors (Lipinski definition) is 3. The smallest absolute Gasteiger partial charge is 0.326 e. The molecule has 3 N–H and O–H groups in total. The van der Waals surface area contributed by atoms with Gasteiger partial charge in [0, 0.05) is 19.4 Å². The van der Waals surface area contributed by atoms with E-state index in [1.54, 1.807) is 7.05 Å². The molecule has 1 amide bonds. The largest absolute Gasteiger partial charge is 0.480 e. The van der Waals surface area contributed by atoms with Gasteiger partial charge in [0.2, 0.25) is 5.91 Å². The van der Waals surface area contributed by atoms with E-state index in [9.17, 15) is 14.7 Å². The number of aliphatic carboxylic acids is 1. The summed E-state index contributed by atoms with van der Waals surface area (Å²) in [6.07, 6.45) is 0.410. The fraction of sp³-hybridized carbons (Fsp3) is 0.800. The number of β-amino-alcohol motifs (C(OH)–C–C–N with tert-alkyl or cyclic N) is 1. The number of hydrogen-bond acceptors (Lipinski definition) is 4. The molecule has 0 aromatic rings. The van der Waals surface area contributed by atoms with E-state index in [0.29, 0.717) is 12.8 Å². The van der Waals surface area contributed by atoms with Crippen molar-refractivity contribution < 1.29 is 19.8 Å². The lowest BCUT2D eigenvalue weighted by Gasteiger charge is -2.21. The Hall–Kier alpha value is -1.14. The summed E-state index contributed by atoms with van der Waals surface area (Å²) in [6.45, 7) is 0.856. The van der Waals surface area contributed by atoms with Crippen molar-refractivity contribution in [3.8, 4) is 0 Å². The molecule has 0 spiro atoms. The van der Waals surface area contributed by atoms with E-state index >= 15 is 0 Å². The lowest BCUT2D eigenvalue weighted by Crippen LogP contribution is -2.40. The molecule has 0 radical (unpaired) electrons. The van der Waals surface area contributed by atoms with Crippen molar-refractivity contribution >= 4 is 11.9 Å². The van der Waals surface area contributed by atoms with Crippen molar-refractivity contribution in [2.75, 3.05) is 20.1 Å². The maximum absolute atomic E-state index is 11.7. The monoisotopic (exact) mass is 230 g/mol. The number of nitrogens with one attached hydrogen (secondary N) is 1. The summed E-state index contributed by atoms with van der Waals surface area (Å²) in [5.74, 6) is -1.24. The molecular formula is C10H18N2O4. The molecule has 2 unspecified atom stereocenters. The number of nitrogens with zero attached hydrogens (tertiary/aromatic N) is 1. The van der Waals surface area contributed by atoms with Crippen molar-refractivity contribution in [3.05, 3.63) is 0 Å². The number of likely N-dealkylation sites (tertiary alicyclic amines) is 1. The number of carboxylic acids is 1. The second-order valence-corrected chi connectivity index (χ2v) is 4.00. The lowest BCUT2D eigenvalue weighted by atomic mass is 10.2. The molecule has 1 aliphatic heterocycles. The van der Waals surface area contributed by atoms with E-state index in [-0.39, 0.29) is 18.9 Å². The normalized spacial score (nSPS) is 24.8. The zero-order valence-corrected chi connectivity index (χ0v) is 9.35. The average Bonchev–Trinajstić information content (AvgIpc) is 2.61. The highest BCUT2D eigenvalue weighted by Gasteiger charge is 2.38. The van der Waals surface area contributed by atoms with Crippen LogP contribution in [-0.4, -0.2) is 59.3 Å². The quantitative estimate of drug-likeness (QED) is 0.529. The minimum atomic E-state index is -1.04. The zero-order valence-electron chi connectivity index (χ0n) is 9.35. The van der Waals surface area contributed by atoms with Crippen molar-refractivity contribution in [2.45, 2.75) is 31.4 Å². The number of amides is 1. The van der Waals surface area contributed by atoms with Gasteiger partial charge in [-0.2, -0.15) is 0 Å². The van der Waals surface area contributed by atoms with Gasteiger partial charge in [-0.25, -0.2) is 4.79 Å². The highest BCUT2D eigenvalue weighted by atomic mass is 16.4. The van der Waals surface area contributed by atoms with Crippen molar-refractivity contribution in [2.24, 2.45) is 0 Å². The van der Waals surface area contributed by atoms with Gasteiger partial charge in [0.1, 0.15) is 6.04 Å². The molecule has 92 valence electrons. The van der Waals surface area contributed by atoms with Crippen LogP contribution in [0.1, 0.15) is 19.3 Å². The molecule has 2 atom stereocenters. The topological polar surface area (TPSA) is 89.9 Å². The minimum absolute atomic E-state index is 0.132. The zero-order chi connectivity index (χ0) is 12.1. The Kier molecular flexibility index (Phi) is 4.70. The van der Waals surface area contributed by atoms with Crippen molar-refractivity contribution in [1.29, 1.82) is 0 Å². The molecule has 1 aliphatic rings. The second kappa shape index (κ2) is 5.81. The van der Waals surface area contributed by atoms with Crippen LogP contribution in [0, 0.1) is 0 Å². The van der Waals surface area contributed by atoms with Crippen LogP contribution >= 0.6 is 0 Å². The predicted octanol–water partition coefficient (Wildman–Crippen LogP) is -0.968. The first-order chi connectivity index (χ1) is 7.56. The molecule has 0 aromatic carbocycles. The third kappa shape index (κ3) is 3.18. The SMILES string of the molecule is CNCCCC(=O)N1CC(O)CC1C(=O)O. The Morgan fingerprint density at radius 1 is 1.50 bits per heavy atom. The molecule has 0 saturated carbocycles. The first-order valence-corrected chi connectivity index (χ1v) is 5.41. The van der Waals surface area contributed by atoms with Crippen molar-refractivity contribution in [1.82, 2.24) is 10.2 Å². The van der Waals surface area contributed by atoms with Crippen LogP contribution in [-0.2, 0) is 9.59 Å². The molecule has 0 aliphatic carbocycles. The van der Waals surface area contributed by atoms with Crippen molar-refractivity contribution in [3.63, 3.8) is 0 Å². The van der Waals surface area contributed by atoms with E-state index < -0.39 is 18.1 Å². The molecule has 1 heterocycles. The summed E-state index contributed by atoms with van der Waals surface area (Å²) in [6, 6.07) is -0.864. The molecule has 6 heteroatoms. The number of carbonyl (C=O) groups is 2. The molecular weight excluding hydrogens is 212 g/mol. The third-order valence-corrected chi connectivity index (χ3v) is 2.70. The Morgan fingerprint density at radius 2 is 2.19 bits per heavy atom. The average molecular weight is 230 g/mol. The Balaban J connectivity index is 2.50. The number of aliphatic hydroxyl groups excluding tert-OH is 1. The number of aliphatic hydroxyl groups is 1. The fourth-order valence-corrected chi connectivity index (χ4v) is 1.88. The highest BCUT2D eigenvalue weighted by Crippen LogP contribution is 2.19. The molecule has 0 bridgehead atoms. The van der Waals surface area contributed by atoms with Gasteiger partial charge in [-0.1, -0.05) is 0 Å². The first-order valence-electron chi connectivity index (χ1n) is 5.41. The summed E-state index contributed by atoms with van der Waals surface area (Å²) >= 11 is 0. The van der Waals surface area contributed by atoms with Crippen LogP contribution in [0.25, 0.3) is 0 Å². The molecule has 6 nitrogen and oxygen atoms in total. The maximum atomic E-state index is 11.7. The van der Waals surface area contributed by atoms with Crippen LogP contribution < -0.4 is 5.32 Å². The standard InChI is InChI=1S/C10H18N2O4/c1-11-4-2-3-9(14)12-6-7(13)5-8(12)10(15)16/h7-8,11,13H,2-6H2,1H3,(H,15,16). The van der Waals surface area contributed by atoms with Gasteiger partial charge in [-0.05, 0) is 20.0 Å². The van der Waals surface area contributed by atoms with Gasteiger partial charge in [-0.15, -0.1) is 0 Å². The van der Waals surface area contributed by atoms with Gasteiger partial charge in [0.05, 0.1) is 6.10 Å². The van der Waals surface area contributed by atoms with Gasteiger partial charge in [-0.3, -0.25) is 4.79 Å². The predicted molar refractivity (Wildman–Crippen MR) is 56.9 cm³/mol. The molecule has 1 saturated heterocycles. The number of rotatable bonds is 5. The van der Waals surface area contributed by atoms with Gasteiger partial charge in [0.25, 0.3) is 0 Å². The summed E-state index contributed by atoms with van der Waals surface area (Å²) in [7, 11) is 1.80. The molecule has 0 aromatic heterocycles. The first kappa shape index (κ1) is 12.9. The van der Waals surface area contributed by atoms with Crippen LogP contribution in [0.15, 0.2) is 0 Å². The summed E-state index contributed by atoms with van der Waals surface area (Å²) in [5.41, 5.74) is 0.